The van der Waals surface area contributed by atoms with Crippen molar-refractivity contribution < 1.29 is 19.8 Å². The van der Waals surface area contributed by atoms with E-state index in [-0.39, 0.29) is 5.13 Å². The van der Waals surface area contributed by atoms with Crippen LogP contribution < -0.4 is 10.6 Å². The molecular weight excluding hydrogens is 404 g/mol. The standard InChI is InChI=1S/C18H15ClN4O4S/c19-11-6-8-12(9-7-11)20-15(26)13(24)14(25)16(27)21-18-23-22-17(28-18)10-4-2-1-3-5-10/h1-9,13-14,24-25H,(H,20,26)(H,21,23,27)/t13-,14-/m1/s1. The van der Waals surface area contributed by atoms with E-state index in [0.717, 1.165) is 16.9 Å². The highest BCUT2D eigenvalue weighted by molar-refractivity contribution is 7.18. The Morgan fingerprint density at radius 3 is 2.14 bits per heavy atom. The number of rotatable bonds is 6. The minimum atomic E-state index is -1.99. The summed E-state index contributed by atoms with van der Waals surface area (Å²) in [7, 11) is 0. The molecule has 10 heteroatoms. The van der Waals surface area contributed by atoms with Crippen LogP contribution in [-0.2, 0) is 9.59 Å². The summed E-state index contributed by atoms with van der Waals surface area (Å²) in [6.45, 7) is 0. The van der Waals surface area contributed by atoms with Crippen LogP contribution in [0.15, 0.2) is 54.6 Å². The highest BCUT2D eigenvalue weighted by Crippen LogP contribution is 2.26. The molecule has 0 saturated heterocycles. The van der Waals surface area contributed by atoms with Gasteiger partial charge in [-0.2, -0.15) is 0 Å². The molecule has 8 nitrogen and oxygen atoms in total. The predicted octanol–water partition coefficient (Wildman–Crippen LogP) is 2.16. The summed E-state index contributed by atoms with van der Waals surface area (Å²) in [5, 5.41) is 33.6. The Labute approximate surface area is 168 Å². The summed E-state index contributed by atoms with van der Waals surface area (Å²) in [6, 6.07) is 15.4. The number of carbonyl (C=O) groups is 2. The number of carbonyl (C=O) groups excluding carboxylic acids is 2. The molecule has 4 N–H and O–H groups in total. The van der Waals surface area contributed by atoms with Gasteiger partial charge in [-0.3, -0.25) is 14.9 Å². The second-order valence-corrected chi connectivity index (χ2v) is 7.07. The SMILES string of the molecule is O=C(Nc1ccc(Cl)cc1)[C@H](O)[C@@H](O)C(=O)Nc1nnc(-c2ccccc2)s1. The molecule has 0 aliphatic heterocycles. The van der Waals surface area contributed by atoms with E-state index in [4.69, 9.17) is 11.6 Å². The van der Waals surface area contributed by atoms with Crippen molar-refractivity contribution >= 4 is 45.6 Å². The fraction of sp³-hybridized carbons (Fsp3) is 0.111. The summed E-state index contributed by atoms with van der Waals surface area (Å²) in [5.41, 5.74) is 1.18. The third-order valence-corrected chi connectivity index (χ3v) is 4.76. The molecule has 0 aliphatic rings. The van der Waals surface area contributed by atoms with Crippen molar-refractivity contribution in [3.8, 4) is 10.6 Å². The molecule has 0 fully saturated rings. The first-order chi connectivity index (χ1) is 13.4. The number of aromatic nitrogens is 2. The first-order valence-electron chi connectivity index (χ1n) is 8.06. The van der Waals surface area contributed by atoms with Crippen LogP contribution in [0.5, 0.6) is 0 Å². The van der Waals surface area contributed by atoms with Gasteiger partial charge in [0.1, 0.15) is 5.01 Å². The molecular formula is C18H15ClN4O4S. The van der Waals surface area contributed by atoms with E-state index in [1.54, 1.807) is 12.1 Å². The molecule has 144 valence electrons. The number of benzene rings is 2. The number of halogens is 1. The molecule has 0 bridgehead atoms. The fourth-order valence-corrected chi connectivity index (χ4v) is 3.06. The molecule has 3 aromatic rings. The third kappa shape index (κ3) is 4.90. The van der Waals surface area contributed by atoms with Crippen LogP contribution in [-0.4, -0.2) is 44.4 Å². The number of aliphatic hydroxyl groups is 2. The van der Waals surface area contributed by atoms with Gasteiger partial charge in [-0.05, 0) is 24.3 Å². The van der Waals surface area contributed by atoms with Gasteiger partial charge in [-0.15, -0.1) is 10.2 Å². The number of nitrogens with zero attached hydrogens (tertiary/aromatic N) is 2. The van der Waals surface area contributed by atoms with Crippen molar-refractivity contribution in [1.29, 1.82) is 0 Å². The maximum absolute atomic E-state index is 12.1. The van der Waals surface area contributed by atoms with Gasteiger partial charge in [0.2, 0.25) is 5.13 Å². The Kier molecular flexibility index (Phi) is 6.32. The van der Waals surface area contributed by atoms with Gasteiger partial charge in [-0.25, -0.2) is 0 Å². The zero-order valence-electron chi connectivity index (χ0n) is 14.2. The molecule has 2 amide bonds. The maximum Gasteiger partial charge on any atom is 0.258 e. The summed E-state index contributed by atoms with van der Waals surface area (Å²) < 4.78 is 0. The third-order valence-electron chi connectivity index (χ3n) is 3.62. The first kappa shape index (κ1) is 19.9. The zero-order chi connectivity index (χ0) is 20.1. The van der Waals surface area contributed by atoms with Crippen LogP contribution >= 0.6 is 22.9 Å². The molecule has 1 aromatic heterocycles. The Morgan fingerprint density at radius 1 is 0.893 bits per heavy atom. The van der Waals surface area contributed by atoms with Crippen LogP contribution in [0.4, 0.5) is 10.8 Å². The minimum Gasteiger partial charge on any atom is -0.380 e. The van der Waals surface area contributed by atoms with Crippen molar-refractivity contribution in [2.45, 2.75) is 12.2 Å². The van der Waals surface area contributed by atoms with E-state index in [1.165, 1.54) is 12.1 Å². The number of amides is 2. The van der Waals surface area contributed by atoms with Gasteiger partial charge >= 0.3 is 0 Å². The van der Waals surface area contributed by atoms with Crippen LogP contribution in [0, 0.1) is 0 Å². The molecule has 0 aliphatic carbocycles. The molecule has 0 spiro atoms. The number of hydrogen-bond donors (Lipinski definition) is 4. The van der Waals surface area contributed by atoms with Crippen molar-refractivity contribution in [3.05, 3.63) is 59.6 Å². The summed E-state index contributed by atoms with van der Waals surface area (Å²) in [6.07, 6.45) is -3.96. The van der Waals surface area contributed by atoms with E-state index in [0.29, 0.717) is 15.7 Å². The average Bonchev–Trinajstić information content (AvgIpc) is 3.17. The van der Waals surface area contributed by atoms with Gasteiger partial charge < -0.3 is 15.5 Å². The molecule has 0 unspecified atom stereocenters. The van der Waals surface area contributed by atoms with Crippen LogP contribution in [0.2, 0.25) is 5.02 Å². The number of aliphatic hydroxyl groups excluding tert-OH is 2. The molecule has 28 heavy (non-hydrogen) atoms. The van der Waals surface area contributed by atoms with Gasteiger partial charge in [0.05, 0.1) is 0 Å². The second kappa shape index (κ2) is 8.89. The fourth-order valence-electron chi connectivity index (χ4n) is 2.19. The van der Waals surface area contributed by atoms with Crippen molar-refractivity contribution in [1.82, 2.24) is 10.2 Å². The molecule has 2 aromatic carbocycles. The van der Waals surface area contributed by atoms with Crippen molar-refractivity contribution in [3.63, 3.8) is 0 Å². The molecule has 2 atom stereocenters. The molecule has 0 radical (unpaired) electrons. The molecule has 3 rings (SSSR count). The lowest BCUT2D eigenvalue weighted by molar-refractivity contribution is -0.139. The lowest BCUT2D eigenvalue weighted by atomic mass is 10.1. The van der Waals surface area contributed by atoms with Gasteiger partial charge in [0, 0.05) is 16.3 Å². The largest absolute Gasteiger partial charge is 0.380 e. The summed E-state index contributed by atoms with van der Waals surface area (Å²) in [4.78, 5) is 24.1. The summed E-state index contributed by atoms with van der Waals surface area (Å²) >= 11 is 6.85. The predicted molar refractivity (Wildman–Crippen MR) is 106 cm³/mol. The minimum absolute atomic E-state index is 0.133. The molecule has 0 saturated carbocycles. The lowest BCUT2D eigenvalue weighted by Gasteiger charge is -2.16. The first-order valence-corrected chi connectivity index (χ1v) is 9.26. The lowest BCUT2D eigenvalue weighted by Crippen LogP contribution is -2.45. The van der Waals surface area contributed by atoms with Crippen LogP contribution in [0.25, 0.3) is 10.6 Å². The number of hydrogen-bond acceptors (Lipinski definition) is 7. The zero-order valence-corrected chi connectivity index (χ0v) is 15.8. The Balaban J connectivity index is 1.59. The van der Waals surface area contributed by atoms with Crippen LogP contribution in [0.1, 0.15) is 0 Å². The van der Waals surface area contributed by atoms with Gasteiger partial charge in [0.15, 0.2) is 12.2 Å². The highest BCUT2D eigenvalue weighted by Gasteiger charge is 2.31. The smallest absolute Gasteiger partial charge is 0.258 e. The number of nitrogens with one attached hydrogen (secondary N) is 2. The highest BCUT2D eigenvalue weighted by atomic mass is 35.5. The van der Waals surface area contributed by atoms with E-state index in [9.17, 15) is 19.8 Å². The second-order valence-electron chi connectivity index (χ2n) is 5.65. The quantitative estimate of drug-likeness (QED) is 0.486. The normalized spacial score (nSPS) is 12.8. The maximum atomic E-state index is 12.1. The van der Waals surface area contributed by atoms with E-state index < -0.39 is 24.0 Å². The Bertz CT molecular complexity index is 965. The van der Waals surface area contributed by atoms with Crippen molar-refractivity contribution in [2.24, 2.45) is 0 Å². The van der Waals surface area contributed by atoms with Crippen LogP contribution in [0.3, 0.4) is 0 Å². The molecule has 1 heterocycles. The Morgan fingerprint density at radius 2 is 1.50 bits per heavy atom. The monoisotopic (exact) mass is 418 g/mol. The number of anilines is 2. The van der Waals surface area contributed by atoms with Crippen molar-refractivity contribution in [2.75, 3.05) is 10.6 Å². The summed E-state index contributed by atoms with van der Waals surface area (Å²) in [5.74, 6) is -1.92. The van der Waals surface area contributed by atoms with Gasteiger partial charge in [-0.1, -0.05) is 53.3 Å². The van der Waals surface area contributed by atoms with E-state index >= 15 is 0 Å². The Hall–Kier alpha value is -2.85. The van der Waals surface area contributed by atoms with E-state index in [2.05, 4.69) is 20.8 Å². The topological polar surface area (TPSA) is 124 Å². The average molecular weight is 419 g/mol. The van der Waals surface area contributed by atoms with Gasteiger partial charge in [0.25, 0.3) is 11.8 Å². The van der Waals surface area contributed by atoms with E-state index in [1.807, 2.05) is 30.3 Å².